The van der Waals surface area contributed by atoms with Crippen molar-refractivity contribution in [3.8, 4) is 0 Å². The maximum absolute atomic E-state index is 4.53. The second-order valence-electron chi connectivity index (χ2n) is 4.61. The third-order valence-electron chi connectivity index (χ3n) is 2.90. The average Bonchev–Trinajstić information content (AvgIpc) is 2.70. The van der Waals surface area contributed by atoms with E-state index in [4.69, 9.17) is 0 Å². The molecule has 18 heavy (non-hydrogen) atoms. The van der Waals surface area contributed by atoms with E-state index in [1.807, 2.05) is 27.8 Å². The van der Waals surface area contributed by atoms with Gasteiger partial charge in [-0.15, -0.1) is 11.3 Å². The smallest absolute Gasteiger partial charge is 0.0947 e. The van der Waals surface area contributed by atoms with Crippen molar-refractivity contribution < 1.29 is 0 Å². The van der Waals surface area contributed by atoms with Crippen molar-refractivity contribution in [2.45, 2.75) is 33.2 Å². The van der Waals surface area contributed by atoms with Crippen LogP contribution in [0.15, 0.2) is 17.5 Å². The fraction of sp³-hybridized carbons (Fsp3) is 0.429. The molecule has 1 atom stereocenters. The van der Waals surface area contributed by atoms with Crippen molar-refractivity contribution in [2.24, 2.45) is 0 Å². The van der Waals surface area contributed by atoms with Crippen LogP contribution in [0.4, 0.5) is 0 Å². The Balaban J connectivity index is 2.22. The van der Waals surface area contributed by atoms with Gasteiger partial charge in [0.15, 0.2) is 0 Å². The second kappa shape index (κ2) is 5.59. The van der Waals surface area contributed by atoms with Crippen molar-refractivity contribution in [3.05, 3.63) is 45.2 Å². The van der Waals surface area contributed by atoms with Crippen molar-refractivity contribution in [3.63, 3.8) is 0 Å². The van der Waals surface area contributed by atoms with Crippen molar-refractivity contribution >= 4 is 11.3 Å². The first-order valence-corrected chi connectivity index (χ1v) is 7.00. The van der Waals surface area contributed by atoms with E-state index in [-0.39, 0.29) is 0 Å². The number of thiazole rings is 1. The predicted molar refractivity (Wildman–Crippen MR) is 76.1 cm³/mol. The fourth-order valence-electron chi connectivity index (χ4n) is 2.13. The van der Waals surface area contributed by atoms with Crippen molar-refractivity contribution in [1.82, 2.24) is 15.3 Å². The van der Waals surface area contributed by atoms with Crippen LogP contribution in [0.1, 0.15) is 33.7 Å². The van der Waals surface area contributed by atoms with Gasteiger partial charge in [0.05, 0.1) is 5.01 Å². The molecule has 96 valence electrons. The van der Waals surface area contributed by atoms with Crippen LogP contribution in [0, 0.1) is 20.8 Å². The van der Waals surface area contributed by atoms with Gasteiger partial charge >= 0.3 is 0 Å². The van der Waals surface area contributed by atoms with Crippen LogP contribution in [-0.2, 0) is 6.42 Å². The lowest BCUT2D eigenvalue weighted by molar-refractivity contribution is 0.588. The molecular weight excluding hydrogens is 242 g/mol. The number of aromatic nitrogens is 2. The van der Waals surface area contributed by atoms with Crippen LogP contribution in [0.25, 0.3) is 0 Å². The molecule has 3 nitrogen and oxygen atoms in total. The quantitative estimate of drug-likeness (QED) is 0.919. The molecule has 0 fully saturated rings. The number of nitrogens with zero attached hydrogens (tertiary/aromatic N) is 2. The summed E-state index contributed by atoms with van der Waals surface area (Å²) in [4.78, 5) is 8.95. The van der Waals surface area contributed by atoms with E-state index in [0.717, 1.165) is 23.5 Å². The van der Waals surface area contributed by atoms with E-state index in [2.05, 4.69) is 32.8 Å². The Morgan fingerprint density at radius 1 is 1.11 bits per heavy atom. The van der Waals surface area contributed by atoms with E-state index in [1.165, 1.54) is 10.6 Å². The van der Waals surface area contributed by atoms with Gasteiger partial charge in [-0.3, -0.25) is 4.98 Å². The van der Waals surface area contributed by atoms with Gasteiger partial charge in [0.1, 0.15) is 0 Å². The van der Waals surface area contributed by atoms with Gasteiger partial charge in [0.2, 0.25) is 0 Å². The third kappa shape index (κ3) is 3.15. The van der Waals surface area contributed by atoms with Crippen LogP contribution >= 0.6 is 11.3 Å². The van der Waals surface area contributed by atoms with E-state index in [1.54, 1.807) is 11.3 Å². The van der Waals surface area contributed by atoms with Gasteiger partial charge in [-0.05, 0) is 45.5 Å². The van der Waals surface area contributed by atoms with E-state index in [0.29, 0.717) is 6.04 Å². The molecule has 0 radical (unpaired) electrons. The maximum Gasteiger partial charge on any atom is 0.0947 e. The van der Waals surface area contributed by atoms with Gasteiger partial charge in [-0.2, -0.15) is 0 Å². The number of hydrogen-bond acceptors (Lipinski definition) is 4. The SMILES string of the molecule is CNC(Cc1nc(C)cs1)c1cc(C)nc(C)c1. The fourth-order valence-corrected chi connectivity index (χ4v) is 2.94. The monoisotopic (exact) mass is 261 g/mol. The molecule has 4 heteroatoms. The Bertz CT molecular complexity index is 513. The molecule has 2 heterocycles. The molecule has 0 saturated carbocycles. The molecule has 0 aliphatic carbocycles. The first-order valence-electron chi connectivity index (χ1n) is 6.12. The second-order valence-corrected chi connectivity index (χ2v) is 5.55. The lowest BCUT2D eigenvalue weighted by Crippen LogP contribution is -2.19. The summed E-state index contributed by atoms with van der Waals surface area (Å²) in [6.45, 7) is 6.11. The highest BCUT2D eigenvalue weighted by Crippen LogP contribution is 2.21. The average molecular weight is 261 g/mol. The first kappa shape index (κ1) is 13.2. The van der Waals surface area contributed by atoms with Gasteiger partial charge < -0.3 is 5.32 Å². The number of nitrogens with one attached hydrogen (secondary N) is 1. The number of hydrogen-bond donors (Lipinski definition) is 1. The zero-order chi connectivity index (χ0) is 13.1. The van der Waals surface area contributed by atoms with Crippen LogP contribution in [-0.4, -0.2) is 17.0 Å². The number of rotatable bonds is 4. The Morgan fingerprint density at radius 3 is 2.28 bits per heavy atom. The van der Waals surface area contributed by atoms with Crippen LogP contribution in [0.2, 0.25) is 0 Å². The summed E-state index contributed by atoms with van der Waals surface area (Å²) in [5.74, 6) is 0. The molecule has 2 aromatic heterocycles. The van der Waals surface area contributed by atoms with Crippen LogP contribution < -0.4 is 5.32 Å². The predicted octanol–water partition coefficient (Wildman–Crippen LogP) is 2.97. The Kier molecular flexibility index (Phi) is 4.09. The molecular formula is C14H19N3S. The van der Waals surface area contributed by atoms with Crippen molar-refractivity contribution in [2.75, 3.05) is 7.05 Å². The lowest BCUT2D eigenvalue weighted by Gasteiger charge is -2.16. The molecule has 0 amide bonds. The molecule has 0 spiro atoms. The highest BCUT2D eigenvalue weighted by Gasteiger charge is 2.13. The van der Waals surface area contributed by atoms with Gasteiger partial charge in [0.25, 0.3) is 0 Å². The summed E-state index contributed by atoms with van der Waals surface area (Å²) in [6.07, 6.45) is 0.928. The number of pyridine rings is 1. The minimum atomic E-state index is 0.302. The van der Waals surface area contributed by atoms with Crippen LogP contribution in [0.3, 0.4) is 0 Å². The van der Waals surface area contributed by atoms with E-state index >= 15 is 0 Å². The molecule has 0 aliphatic heterocycles. The maximum atomic E-state index is 4.53. The minimum Gasteiger partial charge on any atom is -0.313 e. The highest BCUT2D eigenvalue weighted by atomic mass is 32.1. The molecule has 0 saturated heterocycles. The molecule has 0 aliphatic rings. The summed E-state index contributed by atoms with van der Waals surface area (Å²) in [7, 11) is 2.00. The van der Waals surface area contributed by atoms with E-state index in [9.17, 15) is 0 Å². The summed E-state index contributed by atoms with van der Waals surface area (Å²) >= 11 is 1.73. The minimum absolute atomic E-state index is 0.302. The van der Waals surface area contributed by atoms with Gasteiger partial charge in [-0.25, -0.2) is 4.98 Å². The normalized spacial score (nSPS) is 12.7. The molecule has 1 unspecified atom stereocenters. The topological polar surface area (TPSA) is 37.8 Å². The largest absolute Gasteiger partial charge is 0.313 e. The van der Waals surface area contributed by atoms with E-state index < -0.39 is 0 Å². The molecule has 0 aromatic carbocycles. The number of aryl methyl sites for hydroxylation is 3. The van der Waals surface area contributed by atoms with Gasteiger partial charge in [-0.1, -0.05) is 0 Å². The number of likely N-dealkylation sites (N-methyl/N-ethyl adjacent to an activating group) is 1. The van der Waals surface area contributed by atoms with Crippen LogP contribution in [0.5, 0.6) is 0 Å². The van der Waals surface area contributed by atoms with Crippen molar-refractivity contribution in [1.29, 1.82) is 0 Å². The Morgan fingerprint density at radius 2 is 1.78 bits per heavy atom. The standard InChI is InChI=1S/C14H19N3S/c1-9-5-12(6-10(2)16-9)13(15-4)7-14-17-11(3)8-18-14/h5-6,8,13,15H,7H2,1-4H3. The molecule has 2 aromatic rings. The summed E-state index contributed by atoms with van der Waals surface area (Å²) in [6, 6.07) is 4.60. The summed E-state index contributed by atoms with van der Waals surface area (Å²) in [5, 5.41) is 6.65. The molecule has 2 rings (SSSR count). The third-order valence-corrected chi connectivity index (χ3v) is 3.89. The lowest BCUT2D eigenvalue weighted by atomic mass is 10.0. The highest BCUT2D eigenvalue weighted by molar-refractivity contribution is 7.09. The zero-order valence-electron chi connectivity index (χ0n) is 11.3. The Hall–Kier alpha value is -1.26. The molecule has 1 N–H and O–H groups in total. The zero-order valence-corrected chi connectivity index (χ0v) is 12.1. The first-order chi connectivity index (χ1) is 8.58. The van der Waals surface area contributed by atoms with Gasteiger partial charge in [0, 0.05) is 34.9 Å². The Labute approximate surface area is 112 Å². The summed E-state index contributed by atoms with van der Waals surface area (Å²) in [5.41, 5.74) is 4.53. The summed E-state index contributed by atoms with van der Waals surface area (Å²) < 4.78 is 0. The molecule has 0 bridgehead atoms.